The lowest BCUT2D eigenvalue weighted by Crippen LogP contribution is -2.27. The standard InChI is InChI=1S/C9H15BrN4/c1-13-9(8(10)4-12-13)6-14-3-2-7(11)5-14/h4,7H,2-3,5-6,11H2,1H3/t7-/m1/s1. The second-order valence-electron chi connectivity index (χ2n) is 3.85. The number of aromatic nitrogens is 2. The van der Waals surface area contributed by atoms with Crippen LogP contribution < -0.4 is 5.73 Å². The summed E-state index contributed by atoms with van der Waals surface area (Å²) in [5.41, 5.74) is 7.08. The van der Waals surface area contributed by atoms with Gasteiger partial charge in [0.25, 0.3) is 0 Å². The summed E-state index contributed by atoms with van der Waals surface area (Å²) in [4.78, 5) is 2.37. The molecule has 0 aliphatic carbocycles. The van der Waals surface area contributed by atoms with Crippen molar-refractivity contribution in [1.29, 1.82) is 0 Å². The third kappa shape index (κ3) is 1.99. The van der Waals surface area contributed by atoms with E-state index in [1.165, 1.54) is 5.69 Å². The maximum Gasteiger partial charge on any atom is 0.0663 e. The molecule has 1 atom stereocenters. The van der Waals surface area contributed by atoms with Crippen molar-refractivity contribution in [3.05, 3.63) is 16.4 Å². The summed E-state index contributed by atoms with van der Waals surface area (Å²) in [7, 11) is 1.97. The van der Waals surface area contributed by atoms with Crippen LogP contribution >= 0.6 is 15.9 Å². The molecule has 0 radical (unpaired) electrons. The number of hydrogen-bond donors (Lipinski definition) is 1. The van der Waals surface area contributed by atoms with E-state index in [1.807, 2.05) is 17.9 Å². The van der Waals surface area contributed by atoms with Gasteiger partial charge in [0.1, 0.15) is 0 Å². The maximum absolute atomic E-state index is 5.85. The van der Waals surface area contributed by atoms with Gasteiger partial charge in [-0.05, 0) is 22.4 Å². The maximum atomic E-state index is 5.85. The van der Waals surface area contributed by atoms with Crippen molar-refractivity contribution in [2.24, 2.45) is 12.8 Å². The van der Waals surface area contributed by atoms with Gasteiger partial charge in [0.05, 0.1) is 16.4 Å². The van der Waals surface area contributed by atoms with Gasteiger partial charge >= 0.3 is 0 Å². The fourth-order valence-electron chi connectivity index (χ4n) is 1.83. The summed E-state index contributed by atoms with van der Waals surface area (Å²) in [5.74, 6) is 0. The van der Waals surface area contributed by atoms with Crippen molar-refractivity contribution in [1.82, 2.24) is 14.7 Å². The molecular weight excluding hydrogens is 244 g/mol. The summed E-state index contributed by atoms with van der Waals surface area (Å²) in [6.07, 6.45) is 2.95. The van der Waals surface area contributed by atoms with Crippen molar-refractivity contribution >= 4 is 15.9 Å². The third-order valence-electron chi connectivity index (χ3n) is 2.69. The Bertz CT molecular complexity index is 303. The van der Waals surface area contributed by atoms with Crippen molar-refractivity contribution < 1.29 is 0 Å². The van der Waals surface area contributed by atoms with Crippen molar-refractivity contribution in [3.63, 3.8) is 0 Å². The highest BCUT2D eigenvalue weighted by Gasteiger charge is 2.20. The van der Waals surface area contributed by atoms with E-state index in [0.29, 0.717) is 6.04 Å². The highest BCUT2D eigenvalue weighted by atomic mass is 79.9. The average Bonchev–Trinajstić information content (AvgIpc) is 2.67. The van der Waals surface area contributed by atoms with Crippen LogP contribution in [-0.4, -0.2) is 33.8 Å². The van der Waals surface area contributed by atoms with E-state index < -0.39 is 0 Å². The van der Waals surface area contributed by atoms with Gasteiger partial charge < -0.3 is 5.73 Å². The number of likely N-dealkylation sites (tertiary alicyclic amines) is 1. The Kier molecular flexibility index (Phi) is 2.90. The van der Waals surface area contributed by atoms with Gasteiger partial charge in [0, 0.05) is 32.7 Å². The Balaban J connectivity index is 2.04. The molecular formula is C9H15BrN4. The predicted molar refractivity (Wildman–Crippen MR) is 58.8 cm³/mol. The first-order valence-corrected chi connectivity index (χ1v) is 5.60. The van der Waals surface area contributed by atoms with Crippen LogP contribution in [0.5, 0.6) is 0 Å². The molecule has 1 aromatic heterocycles. The first-order chi connectivity index (χ1) is 6.66. The van der Waals surface area contributed by atoms with E-state index in [2.05, 4.69) is 25.9 Å². The summed E-state index contributed by atoms with van der Waals surface area (Å²) in [6, 6.07) is 0.349. The lowest BCUT2D eigenvalue weighted by Gasteiger charge is -2.15. The van der Waals surface area contributed by atoms with E-state index >= 15 is 0 Å². The second-order valence-corrected chi connectivity index (χ2v) is 4.70. The lowest BCUT2D eigenvalue weighted by atomic mass is 10.3. The van der Waals surface area contributed by atoms with Crippen LogP contribution in [-0.2, 0) is 13.6 Å². The number of rotatable bonds is 2. The third-order valence-corrected chi connectivity index (χ3v) is 3.36. The number of nitrogens with two attached hydrogens (primary N) is 1. The minimum atomic E-state index is 0.349. The van der Waals surface area contributed by atoms with Crippen LogP contribution in [0.25, 0.3) is 0 Å². The highest BCUT2D eigenvalue weighted by molar-refractivity contribution is 9.10. The van der Waals surface area contributed by atoms with E-state index in [1.54, 1.807) is 0 Å². The Hall–Kier alpha value is -0.390. The Morgan fingerprint density at radius 3 is 3.00 bits per heavy atom. The number of hydrogen-bond acceptors (Lipinski definition) is 3. The first-order valence-electron chi connectivity index (χ1n) is 4.81. The zero-order valence-corrected chi connectivity index (χ0v) is 9.87. The summed E-state index contributed by atoms with van der Waals surface area (Å²) in [5, 5.41) is 4.19. The largest absolute Gasteiger partial charge is 0.326 e. The highest BCUT2D eigenvalue weighted by Crippen LogP contribution is 2.19. The topological polar surface area (TPSA) is 47.1 Å². The van der Waals surface area contributed by atoms with Gasteiger partial charge in [-0.25, -0.2) is 0 Å². The molecule has 1 fully saturated rings. The summed E-state index contributed by atoms with van der Waals surface area (Å²) < 4.78 is 2.99. The zero-order chi connectivity index (χ0) is 10.1. The van der Waals surface area contributed by atoms with Crippen LogP contribution in [0.15, 0.2) is 10.7 Å². The summed E-state index contributed by atoms with van der Waals surface area (Å²) >= 11 is 3.50. The van der Waals surface area contributed by atoms with E-state index in [4.69, 9.17) is 5.73 Å². The van der Waals surface area contributed by atoms with E-state index in [-0.39, 0.29) is 0 Å². The van der Waals surface area contributed by atoms with Crippen molar-refractivity contribution in [2.45, 2.75) is 19.0 Å². The minimum Gasteiger partial charge on any atom is -0.326 e. The molecule has 14 heavy (non-hydrogen) atoms. The molecule has 2 rings (SSSR count). The zero-order valence-electron chi connectivity index (χ0n) is 8.28. The van der Waals surface area contributed by atoms with Crippen molar-refractivity contribution in [2.75, 3.05) is 13.1 Å². The van der Waals surface area contributed by atoms with E-state index in [9.17, 15) is 0 Å². The van der Waals surface area contributed by atoms with Crippen LogP contribution in [0, 0.1) is 0 Å². The second kappa shape index (κ2) is 4.00. The fraction of sp³-hybridized carbons (Fsp3) is 0.667. The summed E-state index contributed by atoms with van der Waals surface area (Å²) in [6.45, 7) is 3.03. The van der Waals surface area contributed by atoms with Crippen LogP contribution in [0.4, 0.5) is 0 Å². The molecule has 1 aromatic rings. The average molecular weight is 259 g/mol. The molecule has 0 bridgehead atoms. The quantitative estimate of drug-likeness (QED) is 0.851. The number of nitrogens with zero attached hydrogens (tertiary/aromatic N) is 3. The monoisotopic (exact) mass is 258 g/mol. The SMILES string of the molecule is Cn1ncc(Br)c1CN1CC[C@@H](N)C1. The van der Waals surface area contributed by atoms with Gasteiger partial charge in [0.2, 0.25) is 0 Å². The molecule has 0 amide bonds. The fourth-order valence-corrected chi connectivity index (χ4v) is 2.31. The molecule has 0 spiro atoms. The normalized spacial score (nSPS) is 23.2. The molecule has 4 nitrogen and oxygen atoms in total. The Morgan fingerprint density at radius 1 is 1.71 bits per heavy atom. The smallest absolute Gasteiger partial charge is 0.0663 e. The van der Waals surface area contributed by atoms with Gasteiger partial charge in [0.15, 0.2) is 0 Å². The molecule has 5 heteroatoms. The van der Waals surface area contributed by atoms with Crippen LogP contribution in [0.2, 0.25) is 0 Å². The minimum absolute atomic E-state index is 0.349. The molecule has 0 saturated carbocycles. The molecule has 1 aliphatic heterocycles. The number of aryl methyl sites for hydroxylation is 1. The van der Waals surface area contributed by atoms with Gasteiger partial charge in [-0.3, -0.25) is 9.58 Å². The van der Waals surface area contributed by atoms with Gasteiger partial charge in [-0.15, -0.1) is 0 Å². The molecule has 1 saturated heterocycles. The van der Waals surface area contributed by atoms with E-state index in [0.717, 1.165) is 30.5 Å². The first kappa shape index (κ1) is 10.1. The molecule has 0 unspecified atom stereocenters. The van der Waals surface area contributed by atoms with Gasteiger partial charge in [-0.1, -0.05) is 0 Å². The molecule has 2 heterocycles. The van der Waals surface area contributed by atoms with Gasteiger partial charge in [-0.2, -0.15) is 5.10 Å². The van der Waals surface area contributed by atoms with Crippen molar-refractivity contribution in [3.8, 4) is 0 Å². The molecule has 78 valence electrons. The Morgan fingerprint density at radius 2 is 2.50 bits per heavy atom. The molecule has 2 N–H and O–H groups in total. The Labute approximate surface area is 92.2 Å². The van der Waals surface area contributed by atoms with Crippen LogP contribution in [0.1, 0.15) is 12.1 Å². The van der Waals surface area contributed by atoms with Crippen LogP contribution in [0.3, 0.4) is 0 Å². The lowest BCUT2D eigenvalue weighted by molar-refractivity contribution is 0.316. The number of halogens is 1. The molecule has 0 aromatic carbocycles. The predicted octanol–water partition coefficient (Wildman–Crippen LogP) is 0.716. The molecule has 1 aliphatic rings.